The molecule has 4 nitrogen and oxygen atoms in total. The van der Waals surface area contributed by atoms with Gasteiger partial charge in [0.15, 0.2) is 6.10 Å². The quantitative estimate of drug-likeness (QED) is 0.747. The van der Waals surface area contributed by atoms with Gasteiger partial charge in [-0.15, -0.1) is 0 Å². The summed E-state index contributed by atoms with van der Waals surface area (Å²) in [7, 11) is 0. The zero-order valence-corrected chi connectivity index (χ0v) is 8.52. The molecule has 0 heterocycles. The van der Waals surface area contributed by atoms with Crippen molar-refractivity contribution in [1.29, 1.82) is 5.26 Å². The number of rotatable bonds is 2. The van der Waals surface area contributed by atoms with Gasteiger partial charge >= 0.3 is 5.97 Å². The van der Waals surface area contributed by atoms with Crippen LogP contribution in [0.3, 0.4) is 0 Å². The second-order valence-electron chi connectivity index (χ2n) is 3.20. The summed E-state index contributed by atoms with van der Waals surface area (Å²) in [6.45, 7) is 3.26. The minimum Gasteiger partial charge on any atom is -0.507 e. The predicted octanol–water partition coefficient (Wildman–Crippen LogP) is 1.77. The maximum Gasteiger partial charge on any atom is 0.343 e. The third-order valence-corrected chi connectivity index (χ3v) is 1.84. The Labute approximate surface area is 87.7 Å². The Morgan fingerprint density at radius 1 is 1.60 bits per heavy atom. The van der Waals surface area contributed by atoms with Gasteiger partial charge in [-0.1, -0.05) is 6.07 Å². The van der Waals surface area contributed by atoms with Crippen molar-refractivity contribution < 1.29 is 14.6 Å². The molecule has 0 spiro atoms. The summed E-state index contributed by atoms with van der Waals surface area (Å²) in [4.78, 5) is 11.4. The average molecular weight is 205 g/mol. The number of benzene rings is 1. The second kappa shape index (κ2) is 4.47. The van der Waals surface area contributed by atoms with E-state index in [1.165, 1.54) is 19.1 Å². The number of phenols is 1. The van der Waals surface area contributed by atoms with Crippen LogP contribution < -0.4 is 0 Å². The lowest BCUT2D eigenvalue weighted by atomic mass is 10.1. The summed E-state index contributed by atoms with van der Waals surface area (Å²) in [5.41, 5.74) is 0.917. The highest BCUT2D eigenvalue weighted by molar-refractivity contribution is 5.92. The molecule has 1 rings (SSSR count). The Morgan fingerprint density at radius 3 is 2.80 bits per heavy atom. The molecule has 0 aromatic heterocycles. The number of ether oxygens (including phenoxy) is 1. The van der Waals surface area contributed by atoms with Crippen LogP contribution in [0.2, 0.25) is 0 Å². The van der Waals surface area contributed by atoms with E-state index in [2.05, 4.69) is 0 Å². The van der Waals surface area contributed by atoms with Crippen LogP contribution in [-0.4, -0.2) is 17.2 Å². The highest BCUT2D eigenvalue weighted by Gasteiger charge is 2.15. The zero-order valence-electron chi connectivity index (χ0n) is 8.52. The SMILES string of the molecule is Cc1ccc(C(=O)O[C@H](C)C#N)c(O)c1. The van der Waals surface area contributed by atoms with Crippen LogP contribution >= 0.6 is 0 Å². The molecule has 1 N–H and O–H groups in total. The highest BCUT2D eigenvalue weighted by Crippen LogP contribution is 2.19. The summed E-state index contributed by atoms with van der Waals surface area (Å²) in [5, 5.41) is 17.9. The lowest BCUT2D eigenvalue weighted by molar-refractivity contribution is 0.0432. The minimum atomic E-state index is -0.821. The van der Waals surface area contributed by atoms with Crippen LogP contribution in [0, 0.1) is 18.3 Å². The van der Waals surface area contributed by atoms with Crippen LogP contribution in [0.1, 0.15) is 22.8 Å². The number of nitriles is 1. The molecule has 15 heavy (non-hydrogen) atoms. The molecule has 0 aliphatic rings. The van der Waals surface area contributed by atoms with Crippen LogP contribution in [0.4, 0.5) is 0 Å². The number of hydrogen-bond acceptors (Lipinski definition) is 4. The Hall–Kier alpha value is -2.02. The summed E-state index contributed by atoms with van der Waals surface area (Å²) < 4.78 is 4.75. The smallest absolute Gasteiger partial charge is 0.343 e. The topological polar surface area (TPSA) is 70.3 Å². The molecule has 0 bridgehead atoms. The van der Waals surface area contributed by atoms with Crippen molar-refractivity contribution in [3.63, 3.8) is 0 Å². The van der Waals surface area contributed by atoms with Crippen molar-refractivity contribution in [2.75, 3.05) is 0 Å². The predicted molar refractivity (Wildman–Crippen MR) is 53.3 cm³/mol. The molecule has 1 aromatic rings. The van der Waals surface area contributed by atoms with E-state index in [1.54, 1.807) is 19.1 Å². The summed E-state index contributed by atoms with van der Waals surface area (Å²) >= 11 is 0. The number of hydrogen-bond donors (Lipinski definition) is 1. The van der Waals surface area contributed by atoms with Gasteiger partial charge in [-0.05, 0) is 31.5 Å². The molecule has 1 aromatic carbocycles. The molecule has 78 valence electrons. The van der Waals surface area contributed by atoms with Crippen molar-refractivity contribution in [3.05, 3.63) is 29.3 Å². The Morgan fingerprint density at radius 2 is 2.27 bits per heavy atom. The third-order valence-electron chi connectivity index (χ3n) is 1.84. The first kappa shape index (κ1) is 11.1. The summed E-state index contributed by atoms with van der Waals surface area (Å²) in [6.07, 6.45) is -0.821. The molecule has 0 saturated heterocycles. The van der Waals surface area contributed by atoms with Crippen molar-refractivity contribution in [2.45, 2.75) is 20.0 Å². The highest BCUT2D eigenvalue weighted by atomic mass is 16.5. The number of carbonyl (C=O) groups is 1. The zero-order chi connectivity index (χ0) is 11.4. The summed E-state index contributed by atoms with van der Waals surface area (Å²) in [5.74, 6) is -0.827. The van der Waals surface area contributed by atoms with E-state index in [0.29, 0.717) is 0 Å². The molecular weight excluding hydrogens is 194 g/mol. The first-order valence-electron chi connectivity index (χ1n) is 4.45. The minimum absolute atomic E-state index is 0.0719. The molecule has 0 saturated carbocycles. The Bertz CT molecular complexity index is 420. The van der Waals surface area contributed by atoms with Crippen molar-refractivity contribution in [2.24, 2.45) is 0 Å². The molecule has 0 aliphatic carbocycles. The molecule has 0 radical (unpaired) electrons. The Balaban J connectivity index is 2.88. The van der Waals surface area contributed by atoms with Crippen LogP contribution in [0.15, 0.2) is 18.2 Å². The van der Waals surface area contributed by atoms with Gasteiger partial charge in [-0.3, -0.25) is 0 Å². The van der Waals surface area contributed by atoms with Crippen LogP contribution in [-0.2, 0) is 4.74 Å². The number of aryl methyl sites for hydroxylation is 1. The molecule has 0 amide bonds. The van der Waals surface area contributed by atoms with Gasteiger partial charge in [0, 0.05) is 0 Å². The van der Waals surface area contributed by atoms with E-state index in [9.17, 15) is 9.90 Å². The largest absolute Gasteiger partial charge is 0.507 e. The normalized spacial score (nSPS) is 11.5. The monoisotopic (exact) mass is 205 g/mol. The van der Waals surface area contributed by atoms with Crippen molar-refractivity contribution in [3.8, 4) is 11.8 Å². The molecule has 0 aliphatic heterocycles. The van der Waals surface area contributed by atoms with Gasteiger partial charge in [0.1, 0.15) is 17.4 Å². The second-order valence-corrected chi connectivity index (χ2v) is 3.20. The van der Waals surface area contributed by atoms with E-state index in [0.717, 1.165) is 5.56 Å². The van der Waals surface area contributed by atoms with E-state index < -0.39 is 12.1 Å². The average Bonchev–Trinajstić information content (AvgIpc) is 2.17. The van der Waals surface area contributed by atoms with Gasteiger partial charge < -0.3 is 9.84 Å². The Kier molecular flexibility index (Phi) is 3.29. The van der Waals surface area contributed by atoms with Crippen molar-refractivity contribution in [1.82, 2.24) is 0 Å². The lowest BCUT2D eigenvalue weighted by Gasteiger charge is -2.07. The fourth-order valence-corrected chi connectivity index (χ4v) is 1.06. The molecular formula is C11H11NO3. The van der Waals surface area contributed by atoms with E-state index in [-0.39, 0.29) is 11.3 Å². The number of nitrogens with zero attached hydrogens (tertiary/aromatic N) is 1. The van der Waals surface area contributed by atoms with E-state index >= 15 is 0 Å². The number of carbonyl (C=O) groups excluding carboxylic acids is 1. The first-order valence-corrected chi connectivity index (χ1v) is 4.45. The fourth-order valence-electron chi connectivity index (χ4n) is 1.06. The van der Waals surface area contributed by atoms with E-state index in [1.807, 2.05) is 0 Å². The standard InChI is InChI=1S/C11H11NO3/c1-7-3-4-9(10(13)5-7)11(14)15-8(2)6-12/h3-5,8,13H,1-2H3/t8-/m1/s1. The molecule has 0 fully saturated rings. The number of phenolic OH excluding ortho intramolecular Hbond substituents is 1. The summed E-state index contributed by atoms with van der Waals surface area (Å²) in [6, 6.07) is 6.39. The van der Waals surface area contributed by atoms with Crippen molar-refractivity contribution >= 4 is 5.97 Å². The molecule has 4 heteroatoms. The van der Waals surface area contributed by atoms with Gasteiger partial charge in [0.25, 0.3) is 0 Å². The lowest BCUT2D eigenvalue weighted by Crippen LogP contribution is -2.13. The molecule has 1 atom stereocenters. The maximum absolute atomic E-state index is 11.4. The van der Waals surface area contributed by atoms with Gasteiger partial charge in [-0.25, -0.2) is 4.79 Å². The molecule has 0 unspecified atom stereocenters. The van der Waals surface area contributed by atoms with Gasteiger partial charge in [0.2, 0.25) is 0 Å². The number of aromatic hydroxyl groups is 1. The van der Waals surface area contributed by atoms with Crippen LogP contribution in [0.25, 0.3) is 0 Å². The van der Waals surface area contributed by atoms with Gasteiger partial charge in [-0.2, -0.15) is 5.26 Å². The van der Waals surface area contributed by atoms with E-state index in [4.69, 9.17) is 10.00 Å². The third kappa shape index (κ3) is 2.71. The first-order chi connectivity index (χ1) is 7.04. The van der Waals surface area contributed by atoms with Crippen LogP contribution in [0.5, 0.6) is 5.75 Å². The fraction of sp³-hybridized carbons (Fsp3) is 0.273. The van der Waals surface area contributed by atoms with Gasteiger partial charge in [0.05, 0.1) is 0 Å². The maximum atomic E-state index is 11.4. The number of esters is 1.